The van der Waals surface area contributed by atoms with Gasteiger partial charge in [0.05, 0.1) is 12.2 Å². The van der Waals surface area contributed by atoms with E-state index in [0.29, 0.717) is 6.61 Å². The maximum atomic E-state index is 5.89. The molecular formula is C21H31N5OS. The summed E-state index contributed by atoms with van der Waals surface area (Å²) in [6.45, 7) is 6.56. The first-order valence-corrected chi connectivity index (χ1v) is 10.8. The largest absolute Gasteiger partial charge is 0.491 e. The molecule has 0 spiro atoms. The Kier molecular flexibility index (Phi) is 7.54. The number of nitrogens with one attached hydrogen (secondary N) is 1. The molecule has 152 valence electrons. The van der Waals surface area contributed by atoms with E-state index in [1.54, 1.807) is 11.3 Å². The molecule has 1 aliphatic heterocycles. The fourth-order valence-corrected chi connectivity index (χ4v) is 4.18. The van der Waals surface area contributed by atoms with Crippen LogP contribution in [0.4, 0.5) is 5.13 Å². The van der Waals surface area contributed by atoms with Crippen molar-refractivity contribution in [2.24, 2.45) is 4.99 Å². The van der Waals surface area contributed by atoms with Crippen molar-refractivity contribution in [2.45, 2.75) is 26.2 Å². The van der Waals surface area contributed by atoms with Gasteiger partial charge >= 0.3 is 0 Å². The minimum absolute atomic E-state index is 0.618. The van der Waals surface area contributed by atoms with Crippen molar-refractivity contribution < 1.29 is 4.74 Å². The number of rotatable bonds is 8. The summed E-state index contributed by atoms with van der Waals surface area (Å²) in [5, 5.41) is 6.78. The van der Waals surface area contributed by atoms with E-state index in [2.05, 4.69) is 38.5 Å². The van der Waals surface area contributed by atoms with Gasteiger partial charge in [-0.05, 0) is 31.4 Å². The van der Waals surface area contributed by atoms with E-state index in [1.807, 2.05) is 32.3 Å². The molecule has 2 aromatic rings. The maximum Gasteiger partial charge on any atom is 0.193 e. The van der Waals surface area contributed by atoms with Gasteiger partial charge in [0.2, 0.25) is 0 Å². The second kappa shape index (κ2) is 10.3. The number of aliphatic imine (C=N–C) groups is 1. The summed E-state index contributed by atoms with van der Waals surface area (Å²) >= 11 is 1.76. The highest BCUT2D eigenvalue weighted by Crippen LogP contribution is 2.24. The lowest BCUT2D eigenvalue weighted by atomic mass is 10.2. The van der Waals surface area contributed by atoms with Crippen LogP contribution in [0.3, 0.4) is 0 Å². The third-order valence-electron chi connectivity index (χ3n) is 4.93. The van der Waals surface area contributed by atoms with Crippen LogP contribution >= 0.6 is 11.3 Å². The van der Waals surface area contributed by atoms with Crippen LogP contribution in [0.15, 0.2) is 34.6 Å². The number of hydrogen-bond acceptors (Lipinski definition) is 5. The lowest BCUT2D eigenvalue weighted by Gasteiger charge is -2.22. The Balaban J connectivity index is 1.39. The molecule has 1 fully saturated rings. The first-order valence-electron chi connectivity index (χ1n) is 9.97. The normalized spacial score (nSPS) is 14.4. The van der Waals surface area contributed by atoms with Crippen LogP contribution in [0, 0.1) is 6.92 Å². The van der Waals surface area contributed by atoms with Crippen molar-refractivity contribution in [2.75, 3.05) is 51.8 Å². The minimum atomic E-state index is 0.618. The number of ether oxygens (including phenoxy) is 1. The number of anilines is 1. The summed E-state index contributed by atoms with van der Waals surface area (Å²) in [5.41, 5.74) is 2.31. The highest BCUT2D eigenvalue weighted by Gasteiger charge is 2.15. The van der Waals surface area contributed by atoms with Crippen LogP contribution < -0.4 is 15.0 Å². The molecule has 0 radical (unpaired) electrons. The number of thiazole rings is 1. The zero-order chi connectivity index (χ0) is 19.8. The number of hydrogen-bond donors (Lipinski definition) is 1. The minimum Gasteiger partial charge on any atom is -0.491 e. The molecule has 1 saturated heterocycles. The van der Waals surface area contributed by atoms with Crippen molar-refractivity contribution in [1.82, 2.24) is 15.2 Å². The molecule has 6 nitrogen and oxygen atoms in total. The number of nitrogens with zero attached hydrogens (tertiary/aromatic N) is 4. The molecule has 1 aromatic carbocycles. The van der Waals surface area contributed by atoms with Crippen LogP contribution in [-0.2, 0) is 6.42 Å². The van der Waals surface area contributed by atoms with Crippen molar-refractivity contribution >= 4 is 22.4 Å². The molecule has 2 heterocycles. The van der Waals surface area contributed by atoms with Gasteiger partial charge in [0.15, 0.2) is 11.1 Å². The van der Waals surface area contributed by atoms with Crippen LogP contribution in [0.5, 0.6) is 5.75 Å². The van der Waals surface area contributed by atoms with Crippen LogP contribution in [0.2, 0.25) is 0 Å². The van der Waals surface area contributed by atoms with Gasteiger partial charge in [-0.3, -0.25) is 4.99 Å². The lowest BCUT2D eigenvalue weighted by molar-refractivity contribution is 0.280. The second-order valence-electron chi connectivity index (χ2n) is 7.08. The number of likely N-dealkylation sites (N-methyl/N-ethyl adjacent to an activating group) is 1. The predicted octanol–water partition coefficient (Wildman–Crippen LogP) is 3.18. The van der Waals surface area contributed by atoms with E-state index in [0.717, 1.165) is 55.6 Å². The number of aryl methyl sites for hydroxylation is 1. The Labute approximate surface area is 172 Å². The van der Waals surface area contributed by atoms with Crippen molar-refractivity contribution in [3.05, 3.63) is 40.9 Å². The Morgan fingerprint density at radius 2 is 2.11 bits per heavy atom. The molecule has 28 heavy (non-hydrogen) atoms. The van der Waals surface area contributed by atoms with E-state index >= 15 is 0 Å². The summed E-state index contributed by atoms with van der Waals surface area (Å²) in [6.07, 6.45) is 3.47. The van der Waals surface area contributed by atoms with Crippen molar-refractivity contribution in [3.8, 4) is 5.75 Å². The summed E-state index contributed by atoms with van der Waals surface area (Å²) < 4.78 is 5.89. The maximum absolute atomic E-state index is 5.89. The topological polar surface area (TPSA) is 53.0 Å². The second-order valence-corrected chi connectivity index (χ2v) is 7.91. The molecule has 0 atom stereocenters. The molecular weight excluding hydrogens is 370 g/mol. The first-order chi connectivity index (χ1) is 13.7. The van der Waals surface area contributed by atoms with E-state index in [1.165, 1.54) is 18.0 Å². The van der Waals surface area contributed by atoms with E-state index < -0.39 is 0 Å². The Morgan fingerprint density at radius 1 is 1.32 bits per heavy atom. The third-order valence-corrected chi connectivity index (χ3v) is 5.88. The lowest BCUT2D eigenvalue weighted by Crippen LogP contribution is -2.41. The average Bonchev–Trinajstić information content (AvgIpc) is 3.38. The Morgan fingerprint density at radius 3 is 2.86 bits per heavy atom. The average molecular weight is 402 g/mol. The quantitative estimate of drug-likeness (QED) is 0.544. The number of benzene rings is 1. The Bertz CT molecular complexity index is 770. The van der Waals surface area contributed by atoms with Gasteiger partial charge in [-0.2, -0.15) is 0 Å². The number of guanidine groups is 1. The van der Waals surface area contributed by atoms with Gasteiger partial charge in [0.25, 0.3) is 0 Å². The molecule has 0 saturated carbocycles. The van der Waals surface area contributed by atoms with Crippen molar-refractivity contribution in [3.63, 3.8) is 0 Å². The summed E-state index contributed by atoms with van der Waals surface area (Å²) in [5.74, 6) is 1.82. The van der Waals surface area contributed by atoms with Gasteiger partial charge in [0.1, 0.15) is 12.4 Å². The number of para-hydroxylation sites is 1. The Hall–Kier alpha value is -2.28. The molecule has 1 aromatic heterocycles. The highest BCUT2D eigenvalue weighted by molar-refractivity contribution is 7.13. The van der Waals surface area contributed by atoms with E-state index in [4.69, 9.17) is 9.72 Å². The van der Waals surface area contributed by atoms with E-state index in [9.17, 15) is 0 Å². The van der Waals surface area contributed by atoms with Gasteiger partial charge in [-0.1, -0.05) is 18.2 Å². The van der Waals surface area contributed by atoms with Gasteiger partial charge in [0, 0.05) is 45.5 Å². The monoisotopic (exact) mass is 401 g/mol. The fraction of sp³-hybridized carbons (Fsp3) is 0.524. The molecule has 0 unspecified atom stereocenters. The van der Waals surface area contributed by atoms with Gasteiger partial charge in [-0.25, -0.2) is 4.98 Å². The first kappa shape index (κ1) is 20.5. The summed E-state index contributed by atoms with van der Waals surface area (Å²) in [6, 6.07) is 8.09. The molecule has 1 N–H and O–H groups in total. The standard InChI is InChI=1S/C21H31N5OS/c1-17-8-4-5-9-19(17)27-15-14-25(3)20(22-2)23-11-10-18-16-28-21(24-18)26-12-6-7-13-26/h4-5,8-9,16H,6-7,10-15H2,1-3H3,(H,22,23). The third kappa shape index (κ3) is 5.61. The molecule has 1 aliphatic rings. The summed E-state index contributed by atoms with van der Waals surface area (Å²) in [7, 11) is 3.85. The van der Waals surface area contributed by atoms with E-state index in [-0.39, 0.29) is 0 Å². The van der Waals surface area contributed by atoms with Gasteiger partial charge < -0.3 is 19.9 Å². The zero-order valence-electron chi connectivity index (χ0n) is 17.1. The summed E-state index contributed by atoms with van der Waals surface area (Å²) in [4.78, 5) is 13.6. The predicted molar refractivity (Wildman–Crippen MR) is 118 cm³/mol. The molecule has 3 rings (SSSR count). The molecule has 7 heteroatoms. The fourth-order valence-electron chi connectivity index (χ4n) is 3.27. The zero-order valence-corrected chi connectivity index (χ0v) is 18.0. The highest BCUT2D eigenvalue weighted by atomic mass is 32.1. The van der Waals surface area contributed by atoms with Crippen LogP contribution in [0.1, 0.15) is 24.1 Å². The van der Waals surface area contributed by atoms with Gasteiger partial charge in [-0.15, -0.1) is 11.3 Å². The van der Waals surface area contributed by atoms with Crippen LogP contribution in [0.25, 0.3) is 0 Å². The number of aromatic nitrogens is 1. The molecule has 0 bridgehead atoms. The SMILES string of the molecule is CN=C(NCCc1csc(N2CCCC2)n1)N(C)CCOc1ccccc1C. The smallest absolute Gasteiger partial charge is 0.193 e. The van der Waals surface area contributed by atoms with Crippen LogP contribution in [-0.4, -0.2) is 62.7 Å². The molecule has 0 amide bonds. The molecule has 0 aliphatic carbocycles. The van der Waals surface area contributed by atoms with Crippen molar-refractivity contribution in [1.29, 1.82) is 0 Å².